The van der Waals surface area contributed by atoms with Crippen molar-refractivity contribution in [2.24, 2.45) is 0 Å². The van der Waals surface area contributed by atoms with Gasteiger partial charge < -0.3 is 4.90 Å². The van der Waals surface area contributed by atoms with E-state index in [0.29, 0.717) is 12.1 Å². The summed E-state index contributed by atoms with van der Waals surface area (Å²) >= 11 is 0. The molecular weight excluding hydrogens is 316 g/mol. The molecule has 0 atom stereocenters. The Kier molecular flexibility index (Phi) is 5.57. The Bertz CT molecular complexity index is 761. The van der Waals surface area contributed by atoms with E-state index >= 15 is 0 Å². The van der Waals surface area contributed by atoms with Crippen molar-refractivity contribution in [3.05, 3.63) is 75.3 Å². The zero-order chi connectivity index (χ0) is 18.6. The number of likely N-dealkylation sites (N-methyl/N-ethyl adjacent to an activating group) is 1. The summed E-state index contributed by atoms with van der Waals surface area (Å²) in [6, 6.07) is 14.6. The molecule has 0 aliphatic carbocycles. The fourth-order valence-corrected chi connectivity index (χ4v) is 2.61. The molecule has 0 aromatic heterocycles. The lowest BCUT2D eigenvalue weighted by Gasteiger charge is -2.21. The van der Waals surface area contributed by atoms with Gasteiger partial charge in [0.1, 0.15) is 0 Å². The predicted octanol–water partition coefficient (Wildman–Crippen LogP) is 4.09. The summed E-state index contributed by atoms with van der Waals surface area (Å²) in [5, 5.41) is 11.1. The molecule has 0 aliphatic heterocycles. The maximum absolute atomic E-state index is 12.4. The quantitative estimate of drug-likeness (QED) is 0.608. The predicted molar refractivity (Wildman–Crippen MR) is 98.4 cm³/mol. The average molecular weight is 340 g/mol. The lowest BCUT2D eigenvalue weighted by molar-refractivity contribution is -0.385. The van der Waals surface area contributed by atoms with E-state index in [1.807, 2.05) is 12.1 Å². The fourth-order valence-electron chi connectivity index (χ4n) is 2.61. The molecule has 0 N–H and O–H groups in total. The topological polar surface area (TPSA) is 63.5 Å². The standard InChI is InChI=1S/C20H24N2O3/c1-20(2,3)17-11-9-15(10-12-17)14-21(4)19(23)13-16-7-5-6-8-18(16)22(24)25/h5-12H,13-14H2,1-4H3. The van der Waals surface area contributed by atoms with Crippen LogP contribution in [-0.4, -0.2) is 22.8 Å². The van der Waals surface area contributed by atoms with E-state index in [4.69, 9.17) is 0 Å². The zero-order valence-electron chi connectivity index (χ0n) is 15.2. The highest BCUT2D eigenvalue weighted by molar-refractivity contribution is 5.79. The van der Waals surface area contributed by atoms with Gasteiger partial charge >= 0.3 is 0 Å². The van der Waals surface area contributed by atoms with Gasteiger partial charge in [0.25, 0.3) is 5.69 Å². The van der Waals surface area contributed by atoms with Crippen LogP contribution < -0.4 is 0 Å². The summed E-state index contributed by atoms with van der Waals surface area (Å²) in [7, 11) is 1.72. The maximum Gasteiger partial charge on any atom is 0.273 e. The minimum absolute atomic E-state index is 0.0150. The van der Waals surface area contributed by atoms with Gasteiger partial charge in [0.15, 0.2) is 0 Å². The number of benzene rings is 2. The lowest BCUT2D eigenvalue weighted by atomic mass is 9.87. The van der Waals surface area contributed by atoms with Crippen molar-refractivity contribution in [3.63, 3.8) is 0 Å². The van der Waals surface area contributed by atoms with Crippen molar-refractivity contribution >= 4 is 11.6 Å². The van der Waals surface area contributed by atoms with Gasteiger partial charge in [-0.2, -0.15) is 0 Å². The Balaban J connectivity index is 2.05. The normalized spacial score (nSPS) is 11.2. The first kappa shape index (κ1) is 18.6. The van der Waals surface area contributed by atoms with Gasteiger partial charge in [-0.05, 0) is 16.5 Å². The molecule has 2 aromatic carbocycles. The second-order valence-electron chi connectivity index (χ2n) is 7.26. The summed E-state index contributed by atoms with van der Waals surface area (Å²) in [6.07, 6.45) is 0.0216. The number of rotatable bonds is 5. The van der Waals surface area contributed by atoms with Crippen LogP contribution in [0.15, 0.2) is 48.5 Å². The van der Waals surface area contributed by atoms with E-state index in [0.717, 1.165) is 5.56 Å². The molecule has 0 saturated heterocycles. The van der Waals surface area contributed by atoms with Gasteiger partial charge in [-0.3, -0.25) is 14.9 Å². The van der Waals surface area contributed by atoms with Gasteiger partial charge in [0, 0.05) is 25.2 Å². The van der Waals surface area contributed by atoms with Crippen LogP contribution >= 0.6 is 0 Å². The molecule has 132 valence electrons. The highest BCUT2D eigenvalue weighted by atomic mass is 16.6. The van der Waals surface area contributed by atoms with Gasteiger partial charge in [-0.25, -0.2) is 0 Å². The molecule has 0 radical (unpaired) electrons. The summed E-state index contributed by atoms with van der Waals surface area (Å²) in [5.41, 5.74) is 2.79. The van der Waals surface area contributed by atoms with E-state index in [1.165, 1.54) is 11.6 Å². The minimum atomic E-state index is -0.451. The van der Waals surface area contributed by atoms with Crippen LogP contribution in [0.5, 0.6) is 0 Å². The third-order valence-corrected chi connectivity index (χ3v) is 4.20. The molecule has 0 fully saturated rings. The number of para-hydroxylation sites is 1. The fraction of sp³-hybridized carbons (Fsp3) is 0.350. The number of nitro benzene ring substituents is 1. The number of nitro groups is 1. The third kappa shape index (κ3) is 4.89. The first-order chi connectivity index (χ1) is 11.7. The first-order valence-electron chi connectivity index (χ1n) is 8.24. The smallest absolute Gasteiger partial charge is 0.273 e. The largest absolute Gasteiger partial charge is 0.341 e. The molecule has 5 heteroatoms. The zero-order valence-corrected chi connectivity index (χ0v) is 15.2. The van der Waals surface area contributed by atoms with E-state index in [2.05, 4.69) is 32.9 Å². The van der Waals surface area contributed by atoms with E-state index in [9.17, 15) is 14.9 Å². The van der Waals surface area contributed by atoms with Crippen LogP contribution in [-0.2, 0) is 23.2 Å². The SMILES string of the molecule is CN(Cc1ccc(C(C)(C)C)cc1)C(=O)Cc1ccccc1[N+](=O)[O-]. The number of nitrogens with zero attached hydrogens (tertiary/aromatic N) is 2. The first-order valence-corrected chi connectivity index (χ1v) is 8.24. The van der Waals surface area contributed by atoms with Gasteiger partial charge in [0.2, 0.25) is 5.91 Å². The second kappa shape index (κ2) is 7.47. The van der Waals surface area contributed by atoms with Crippen molar-refractivity contribution in [1.82, 2.24) is 4.90 Å². The van der Waals surface area contributed by atoms with Crippen molar-refractivity contribution in [1.29, 1.82) is 0 Å². The van der Waals surface area contributed by atoms with Crippen LogP contribution in [0.2, 0.25) is 0 Å². The van der Waals surface area contributed by atoms with Gasteiger partial charge in [-0.1, -0.05) is 63.2 Å². The van der Waals surface area contributed by atoms with E-state index in [-0.39, 0.29) is 23.4 Å². The molecule has 0 saturated carbocycles. The Morgan fingerprint density at radius 2 is 1.68 bits per heavy atom. The van der Waals surface area contributed by atoms with Crippen molar-refractivity contribution in [2.75, 3.05) is 7.05 Å². The molecule has 0 heterocycles. The minimum Gasteiger partial charge on any atom is -0.341 e. The lowest BCUT2D eigenvalue weighted by Crippen LogP contribution is -2.28. The molecule has 25 heavy (non-hydrogen) atoms. The van der Waals surface area contributed by atoms with E-state index < -0.39 is 4.92 Å². The molecule has 0 bridgehead atoms. The summed E-state index contributed by atoms with van der Waals surface area (Å²) in [6.45, 7) is 6.95. The maximum atomic E-state index is 12.4. The van der Waals surface area contributed by atoms with Crippen molar-refractivity contribution in [2.45, 2.75) is 39.2 Å². The molecule has 2 rings (SSSR count). The Morgan fingerprint density at radius 3 is 2.24 bits per heavy atom. The Morgan fingerprint density at radius 1 is 1.08 bits per heavy atom. The summed E-state index contributed by atoms with van der Waals surface area (Å²) < 4.78 is 0. The number of carbonyl (C=O) groups excluding carboxylic acids is 1. The van der Waals surface area contributed by atoms with E-state index in [1.54, 1.807) is 30.1 Å². The second-order valence-corrected chi connectivity index (χ2v) is 7.26. The monoisotopic (exact) mass is 340 g/mol. The van der Waals surface area contributed by atoms with Gasteiger partial charge in [0.05, 0.1) is 11.3 Å². The van der Waals surface area contributed by atoms with Crippen LogP contribution in [0.1, 0.15) is 37.5 Å². The Labute approximate surface area is 148 Å². The van der Waals surface area contributed by atoms with Crippen LogP contribution in [0, 0.1) is 10.1 Å². The molecule has 1 amide bonds. The number of amides is 1. The van der Waals surface area contributed by atoms with Crippen LogP contribution in [0.4, 0.5) is 5.69 Å². The molecule has 2 aromatic rings. The molecule has 0 aliphatic rings. The number of hydrogen-bond acceptors (Lipinski definition) is 3. The van der Waals surface area contributed by atoms with Crippen molar-refractivity contribution < 1.29 is 9.72 Å². The molecule has 5 nitrogen and oxygen atoms in total. The highest BCUT2D eigenvalue weighted by Gasteiger charge is 2.18. The molecular formula is C20H24N2O3. The highest BCUT2D eigenvalue weighted by Crippen LogP contribution is 2.23. The Hall–Kier alpha value is -2.69. The molecule has 0 spiro atoms. The number of hydrogen-bond donors (Lipinski definition) is 0. The summed E-state index contributed by atoms with van der Waals surface area (Å²) in [4.78, 5) is 24.6. The average Bonchev–Trinajstić information content (AvgIpc) is 2.54. The third-order valence-electron chi connectivity index (χ3n) is 4.20. The van der Waals surface area contributed by atoms with Crippen LogP contribution in [0.3, 0.4) is 0 Å². The van der Waals surface area contributed by atoms with Crippen LogP contribution in [0.25, 0.3) is 0 Å². The van der Waals surface area contributed by atoms with Crippen molar-refractivity contribution in [3.8, 4) is 0 Å². The number of carbonyl (C=O) groups is 1. The van der Waals surface area contributed by atoms with Gasteiger partial charge in [-0.15, -0.1) is 0 Å². The molecule has 0 unspecified atom stereocenters. The summed E-state index contributed by atoms with van der Waals surface area (Å²) in [5.74, 6) is -0.144.